The Bertz CT molecular complexity index is 886. The zero-order valence-corrected chi connectivity index (χ0v) is 14.9. The lowest BCUT2D eigenvalue weighted by Gasteiger charge is -2.08. The first kappa shape index (κ1) is 18.5. The van der Waals surface area contributed by atoms with Crippen molar-refractivity contribution in [2.75, 3.05) is 18.4 Å². The molecule has 0 aliphatic heterocycles. The Labute approximate surface area is 157 Å². The molecule has 0 fully saturated rings. The van der Waals surface area contributed by atoms with Gasteiger partial charge in [-0.15, -0.1) is 0 Å². The summed E-state index contributed by atoms with van der Waals surface area (Å²) in [7, 11) is 0. The smallest absolute Gasteiger partial charge is 0.270 e. The Hall–Kier alpha value is -3.28. The molecular weight excluding hydrogens is 343 g/mol. The number of anilines is 1. The highest BCUT2D eigenvalue weighted by atomic mass is 19.1. The normalized spacial score (nSPS) is 10.4. The maximum atomic E-state index is 13.6. The van der Waals surface area contributed by atoms with Gasteiger partial charge in [-0.25, -0.2) is 14.4 Å². The van der Waals surface area contributed by atoms with Crippen LogP contribution in [0.4, 0.5) is 10.2 Å². The van der Waals surface area contributed by atoms with E-state index < -0.39 is 0 Å². The van der Waals surface area contributed by atoms with Gasteiger partial charge in [0.05, 0.1) is 0 Å². The van der Waals surface area contributed by atoms with Gasteiger partial charge in [-0.3, -0.25) is 4.79 Å². The standard InChI is InChI=1S/C21H21FN4O/c22-18-9-5-4-8-17(18)11-13-24-21(27)19-14-20(26-15-25-19)23-12-10-16-6-2-1-3-7-16/h1-9,14-15H,10-13H2,(H,24,27)(H,23,25,26). The fourth-order valence-corrected chi connectivity index (χ4v) is 2.66. The van der Waals surface area contributed by atoms with Crippen molar-refractivity contribution < 1.29 is 9.18 Å². The Kier molecular flexibility index (Phi) is 6.46. The number of aromatic nitrogens is 2. The van der Waals surface area contributed by atoms with Gasteiger partial charge in [0.15, 0.2) is 0 Å². The molecule has 0 unspecified atom stereocenters. The predicted octanol–water partition coefficient (Wildman–Crippen LogP) is 3.24. The summed E-state index contributed by atoms with van der Waals surface area (Å²) in [5, 5.41) is 5.96. The summed E-state index contributed by atoms with van der Waals surface area (Å²) in [6.07, 6.45) is 2.64. The molecule has 2 N–H and O–H groups in total. The minimum atomic E-state index is -0.306. The highest BCUT2D eigenvalue weighted by Gasteiger charge is 2.09. The van der Waals surface area contributed by atoms with Crippen molar-refractivity contribution in [1.29, 1.82) is 0 Å². The van der Waals surface area contributed by atoms with Crippen molar-refractivity contribution in [2.45, 2.75) is 12.8 Å². The third-order valence-corrected chi connectivity index (χ3v) is 4.10. The maximum Gasteiger partial charge on any atom is 0.270 e. The second-order valence-electron chi connectivity index (χ2n) is 6.05. The molecule has 0 aliphatic carbocycles. The highest BCUT2D eigenvalue weighted by molar-refractivity contribution is 5.92. The maximum absolute atomic E-state index is 13.6. The topological polar surface area (TPSA) is 66.9 Å². The van der Waals surface area contributed by atoms with Gasteiger partial charge in [0.1, 0.15) is 23.7 Å². The Morgan fingerprint density at radius 1 is 0.926 bits per heavy atom. The average molecular weight is 364 g/mol. The largest absolute Gasteiger partial charge is 0.370 e. The van der Waals surface area contributed by atoms with E-state index in [9.17, 15) is 9.18 Å². The van der Waals surface area contributed by atoms with Crippen LogP contribution in [0.3, 0.4) is 0 Å². The minimum Gasteiger partial charge on any atom is -0.370 e. The molecule has 27 heavy (non-hydrogen) atoms. The van der Waals surface area contributed by atoms with Crippen molar-refractivity contribution in [1.82, 2.24) is 15.3 Å². The summed E-state index contributed by atoms with van der Waals surface area (Å²) < 4.78 is 13.6. The molecule has 0 saturated heterocycles. The lowest BCUT2D eigenvalue weighted by atomic mass is 10.1. The van der Waals surface area contributed by atoms with E-state index in [1.165, 1.54) is 18.0 Å². The number of benzene rings is 2. The van der Waals surface area contributed by atoms with Gasteiger partial charge >= 0.3 is 0 Å². The Balaban J connectivity index is 1.48. The van der Waals surface area contributed by atoms with Crippen LogP contribution in [0.25, 0.3) is 0 Å². The zero-order chi connectivity index (χ0) is 18.9. The molecule has 6 heteroatoms. The molecule has 1 heterocycles. The summed E-state index contributed by atoms with van der Waals surface area (Å²) in [6.45, 7) is 1.04. The van der Waals surface area contributed by atoms with E-state index in [0.717, 1.165) is 6.42 Å². The molecule has 0 saturated carbocycles. The Morgan fingerprint density at radius 2 is 1.70 bits per heavy atom. The van der Waals surface area contributed by atoms with Crippen LogP contribution in [0.1, 0.15) is 21.6 Å². The molecule has 138 valence electrons. The molecule has 3 aromatic rings. The van der Waals surface area contributed by atoms with E-state index in [-0.39, 0.29) is 17.4 Å². The first-order chi connectivity index (χ1) is 13.2. The van der Waals surface area contributed by atoms with Crippen LogP contribution in [0.2, 0.25) is 0 Å². The molecule has 5 nitrogen and oxygen atoms in total. The van der Waals surface area contributed by atoms with Crippen LogP contribution in [-0.2, 0) is 12.8 Å². The van der Waals surface area contributed by atoms with Crippen LogP contribution in [0, 0.1) is 5.82 Å². The number of nitrogens with one attached hydrogen (secondary N) is 2. The molecule has 2 aromatic carbocycles. The number of amides is 1. The molecule has 0 atom stereocenters. The van der Waals surface area contributed by atoms with E-state index in [1.54, 1.807) is 24.3 Å². The van der Waals surface area contributed by atoms with Gasteiger partial charge in [0.25, 0.3) is 5.91 Å². The van der Waals surface area contributed by atoms with Crippen molar-refractivity contribution in [3.63, 3.8) is 0 Å². The van der Waals surface area contributed by atoms with Crippen LogP contribution in [0.15, 0.2) is 67.0 Å². The first-order valence-electron chi connectivity index (χ1n) is 8.84. The van der Waals surface area contributed by atoms with Gasteiger partial charge in [-0.1, -0.05) is 48.5 Å². The summed E-state index contributed by atoms with van der Waals surface area (Å²) in [5.41, 5.74) is 2.08. The third-order valence-electron chi connectivity index (χ3n) is 4.10. The number of nitrogens with zero attached hydrogens (tertiary/aromatic N) is 2. The number of hydrogen-bond donors (Lipinski definition) is 2. The number of carbonyl (C=O) groups excluding carboxylic acids is 1. The van der Waals surface area contributed by atoms with Crippen molar-refractivity contribution in [2.24, 2.45) is 0 Å². The molecular formula is C21H21FN4O. The highest BCUT2D eigenvalue weighted by Crippen LogP contribution is 2.08. The lowest BCUT2D eigenvalue weighted by Crippen LogP contribution is -2.27. The SMILES string of the molecule is O=C(NCCc1ccccc1F)c1cc(NCCc2ccccc2)ncn1. The summed E-state index contributed by atoms with van der Waals surface area (Å²) in [6, 6.07) is 18.3. The lowest BCUT2D eigenvalue weighted by molar-refractivity contribution is 0.0949. The molecule has 0 spiro atoms. The van der Waals surface area contributed by atoms with Gasteiger partial charge in [0, 0.05) is 19.2 Å². The minimum absolute atomic E-state index is 0.265. The van der Waals surface area contributed by atoms with E-state index in [4.69, 9.17) is 0 Å². The van der Waals surface area contributed by atoms with Crippen LogP contribution >= 0.6 is 0 Å². The predicted molar refractivity (Wildman–Crippen MR) is 103 cm³/mol. The van der Waals surface area contributed by atoms with Gasteiger partial charge in [0.2, 0.25) is 0 Å². The second kappa shape index (κ2) is 9.43. The molecule has 0 radical (unpaired) electrons. The molecule has 1 amide bonds. The van der Waals surface area contributed by atoms with Gasteiger partial charge in [-0.2, -0.15) is 0 Å². The monoisotopic (exact) mass is 364 g/mol. The molecule has 0 aliphatic rings. The average Bonchev–Trinajstić information content (AvgIpc) is 2.70. The Morgan fingerprint density at radius 3 is 2.52 bits per heavy atom. The third kappa shape index (κ3) is 5.60. The zero-order valence-electron chi connectivity index (χ0n) is 14.9. The number of carbonyl (C=O) groups is 1. The molecule has 1 aromatic heterocycles. The van der Waals surface area contributed by atoms with Gasteiger partial charge < -0.3 is 10.6 Å². The number of halogens is 1. The van der Waals surface area contributed by atoms with E-state index in [0.29, 0.717) is 30.9 Å². The van der Waals surface area contributed by atoms with E-state index >= 15 is 0 Å². The van der Waals surface area contributed by atoms with E-state index in [2.05, 4.69) is 32.7 Å². The number of rotatable bonds is 8. The van der Waals surface area contributed by atoms with Crippen molar-refractivity contribution in [3.8, 4) is 0 Å². The second-order valence-corrected chi connectivity index (χ2v) is 6.05. The molecule has 3 rings (SSSR count). The molecule has 0 bridgehead atoms. The van der Waals surface area contributed by atoms with Crippen LogP contribution in [-0.4, -0.2) is 29.0 Å². The van der Waals surface area contributed by atoms with Crippen molar-refractivity contribution >= 4 is 11.7 Å². The van der Waals surface area contributed by atoms with E-state index in [1.807, 2.05) is 18.2 Å². The summed E-state index contributed by atoms with van der Waals surface area (Å²) in [5.74, 6) is 0.0266. The summed E-state index contributed by atoms with van der Waals surface area (Å²) in [4.78, 5) is 20.4. The number of hydrogen-bond acceptors (Lipinski definition) is 4. The fraction of sp³-hybridized carbons (Fsp3) is 0.190. The summed E-state index contributed by atoms with van der Waals surface area (Å²) >= 11 is 0. The quantitative estimate of drug-likeness (QED) is 0.644. The van der Waals surface area contributed by atoms with Crippen molar-refractivity contribution in [3.05, 3.63) is 89.6 Å². The first-order valence-corrected chi connectivity index (χ1v) is 8.84. The van der Waals surface area contributed by atoms with Gasteiger partial charge in [-0.05, 0) is 30.0 Å². The fourth-order valence-electron chi connectivity index (χ4n) is 2.66. The van der Waals surface area contributed by atoms with Crippen LogP contribution < -0.4 is 10.6 Å². The van der Waals surface area contributed by atoms with Crippen LogP contribution in [0.5, 0.6) is 0 Å².